The van der Waals surface area contributed by atoms with E-state index in [0.29, 0.717) is 47.7 Å². The highest BCUT2D eigenvalue weighted by Gasteiger charge is 2.45. The molecule has 11 heteroatoms. The van der Waals surface area contributed by atoms with Crippen molar-refractivity contribution in [2.75, 3.05) is 37.7 Å². The Bertz CT molecular complexity index is 1810. The van der Waals surface area contributed by atoms with E-state index in [2.05, 4.69) is 25.6 Å². The molecule has 1 aliphatic carbocycles. The highest BCUT2D eigenvalue weighted by atomic mass is 32.2. The van der Waals surface area contributed by atoms with Crippen LogP contribution < -0.4 is 15.0 Å². The molecular formula is C34H36F2N6O2S. The molecule has 6 heterocycles. The van der Waals surface area contributed by atoms with E-state index in [1.165, 1.54) is 0 Å². The van der Waals surface area contributed by atoms with E-state index in [-0.39, 0.29) is 34.3 Å². The highest BCUT2D eigenvalue weighted by molar-refractivity contribution is 7.98. The van der Waals surface area contributed by atoms with Crippen molar-refractivity contribution >= 4 is 39.4 Å². The van der Waals surface area contributed by atoms with E-state index in [1.54, 1.807) is 30.3 Å². The number of hydrogen-bond donors (Lipinski definition) is 2. The minimum absolute atomic E-state index is 0.0624. The molecule has 5 fully saturated rings. The first-order chi connectivity index (χ1) is 21.9. The van der Waals surface area contributed by atoms with Crippen LogP contribution in [0.2, 0.25) is 0 Å². The monoisotopic (exact) mass is 630 g/mol. The SMILES string of the molecule is Oc1cc(-c2ncc3c(N4CC5CCC(C4)N5)nc(OCC45CCCN(C[C@H](F)C4)S5)nc3c2F)c2c(C3CC3)cccc2c1. The first-order valence-corrected chi connectivity index (χ1v) is 17.0. The topological polar surface area (TPSA) is 86.6 Å². The minimum Gasteiger partial charge on any atom is -0.508 e. The molecule has 4 aliphatic heterocycles. The number of piperazine rings is 1. The quantitative estimate of drug-likeness (QED) is 0.245. The second-order valence-electron chi connectivity index (χ2n) is 13.6. The fourth-order valence-corrected chi connectivity index (χ4v) is 9.71. The predicted molar refractivity (Wildman–Crippen MR) is 172 cm³/mol. The summed E-state index contributed by atoms with van der Waals surface area (Å²) < 4.78 is 39.7. The summed E-state index contributed by atoms with van der Waals surface area (Å²) >= 11 is 1.69. The van der Waals surface area contributed by atoms with E-state index < -0.39 is 12.0 Å². The standard InChI is InChI=1S/C34H36F2N6O2S/c35-21-13-34(9-2-10-42(15-21)45-34)18-44-33-39-31-27(32(40-33)41-16-22-7-8-23(17-41)38-22)14-37-30(29(31)36)26-12-24(43)11-20-3-1-4-25(28(20)26)19-5-6-19/h1,3-4,11-12,14,19,21-23,38,43H,2,5-10,13,15-18H2/t21-,22?,23?,34?/m1/s1. The van der Waals surface area contributed by atoms with Crippen molar-refractivity contribution in [2.24, 2.45) is 0 Å². The molecule has 4 aromatic rings. The van der Waals surface area contributed by atoms with Crippen LogP contribution in [0.3, 0.4) is 0 Å². The molecule has 0 amide bonds. The summed E-state index contributed by atoms with van der Waals surface area (Å²) in [5.74, 6) is 0.546. The van der Waals surface area contributed by atoms with Crippen LogP contribution >= 0.6 is 11.9 Å². The van der Waals surface area contributed by atoms with Crippen LogP contribution in [0, 0.1) is 5.82 Å². The zero-order valence-corrected chi connectivity index (χ0v) is 25.8. The van der Waals surface area contributed by atoms with E-state index in [4.69, 9.17) is 14.7 Å². The van der Waals surface area contributed by atoms with Crippen LogP contribution in [-0.2, 0) is 0 Å². The second kappa shape index (κ2) is 10.6. The molecule has 2 aromatic heterocycles. The molecule has 1 saturated carbocycles. The van der Waals surface area contributed by atoms with Gasteiger partial charge < -0.3 is 20.1 Å². The van der Waals surface area contributed by atoms with Crippen LogP contribution in [0.25, 0.3) is 32.9 Å². The fourth-order valence-electron chi connectivity index (χ4n) is 8.10. The molecule has 8 nitrogen and oxygen atoms in total. The lowest BCUT2D eigenvalue weighted by atomic mass is 9.94. The van der Waals surface area contributed by atoms with Crippen molar-refractivity contribution < 1.29 is 18.6 Å². The summed E-state index contributed by atoms with van der Waals surface area (Å²) in [4.78, 5) is 16.5. The first kappa shape index (κ1) is 28.0. The maximum Gasteiger partial charge on any atom is 0.319 e. The number of phenolic OH excluding ortho intramolecular Hbond substituents is 1. The zero-order valence-electron chi connectivity index (χ0n) is 25.0. The van der Waals surface area contributed by atoms with E-state index in [1.807, 2.05) is 12.1 Å². The maximum atomic E-state index is 16.9. The number of aromatic hydroxyl groups is 1. The van der Waals surface area contributed by atoms with Crippen LogP contribution in [0.4, 0.5) is 14.6 Å². The van der Waals surface area contributed by atoms with Gasteiger partial charge in [0.05, 0.1) is 10.1 Å². The summed E-state index contributed by atoms with van der Waals surface area (Å²) in [6, 6.07) is 10.2. The summed E-state index contributed by atoms with van der Waals surface area (Å²) in [6.45, 7) is 3.09. The third kappa shape index (κ3) is 4.98. The summed E-state index contributed by atoms with van der Waals surface area (Å²) in [5, 5.41) is 16.7. The number of phenols is 1. The average Bonchev–Trinajstić information content (AvgIpc) is 3.82. The maximum absolute atomic E-state index is 16.9. The highest BCUT2D eigenvalue weighted by Crippen LogP contribution is 2.48. The predicted octanol–water partition coefficient (Wildman–Crippen LogP) is 6.11. The Morgan fingerprint density at radius 2 is 1.93 bits per heavy atom. The fraction of sp³-hybridized carbons (Fsp3) is 0.500. The van der Waals surface area contributed by atoms with Crippen molar-refractivity contribution in [1.82, 2.24) is 24.6 Å². The van der Waals surface area contributed by atoms with Gasteiger partial charge in [0.15, 0.2) is 5.82 Å². The summed E-state index contributed by atoms with van der Waals surface area (Å²) in [5.41, 5.74) is 2.01. The number of hydrogen-bond acceptors (Lipinski definition) is 9. The lowest BCUT2D eigenvalue weighted by Gasteiger charge is -2.46. The Labute approximate surface area is 264 Å². The van der Waals surface area contributed by atoms with E-state index >= 15 is 4.39 Å². The second-order valence-corrected chi connectivity index (χ2v) is 15.2. The first-order valence-electron chi connectivity index (χ1n) is 16.3. The van der Waals surface area contributed by atoms with Crippen LogP contribution in [0.15, 0.2) is 36.5 Å². The van der Waals surface area contributed by atoms with Gasteiger partial charge in [-0.15, -0.1) is 0 Å². The van der Waals surface area contributed by atoms with Gasteiger partial charge in [-0.05, 0) is 79.3 Å². The molecule has 5 aliphatic rings. The minimum atomic E-state index is -0.900. The third-order valence-electron chi connectivity index (χ3n) is 10.2. The number of alkyl halides is 1. The number of fused-ring (bicyclic) bond motifs is 6. The van der Waals surface area contributed by atoms with Gasteiger partial charge in [-0.1, -0.05) is 30.1 Å². The van der Waals surface area contributed by atoms with Gasteiger partial charge in [-0.2, -0.15) is 9.97 Å². The number of pyridine rings is 1. The van der Waals surface area contributed by atoms with Gasteiger partial charge in [0, 0.05) is 50.0 Å². The van der Waals surface area contributed by atoms with Gasteiger partial charge in [-0.25, -0.2) is 13.1 Å². The van der Waals surface area contributed by atoms with E-state index in [0.717, 1.165) is 74.5 Å². The Hall–Kier alpha value is -3.28. The Balaban J connectivity index is 1.17. The van der Waals surface area contributed by atoms with Gasteiger partial charge in [0.1, 0.15) is 35.6 Å². The summed E-state index contributed by atoms with van der Waals surface area (Å²) in [7, 11) is 0. The number of aromatic nitrogens is 3. The molecule has 45 heavy (non-hydrogen) atoms. The van der Waals surface area contributed by atoms with Gasteiger partial charge in [-0.3, -0.25) is 4.98 Å². The average molecular weight is 631 g/mol. The van der Waals surface area contributed by atoms with Crippen LogP contribution in [-0.4, -0.2) is 80.2 Å². The molecule has 234 valence electrons. The third-order valence-corrected chi connectivity index (χ3v) is 11.7. The molecule has 4 saturated heterocycles. The number of nitrogens with zero attached hydrogens (tertiary/aromatic N) is 5. The number of nitrogens with one attached hydrogen (secondary N) is 1. The molecule has 9 rings (SSSR count). The number of rotatable bonds is 6. The molecule has 2 N–H and O–H groups in total. The van der Waals surface area contributed by atoms with Crippen molar-refractivity contribution in [2.45, 2.75) is 73.9 Å². The van der Waals surface area contributed by atoms with Gasteiger partial charge in [0.2, 0.25) is 0 Å². The van der Waals surface area contributed by atoms with Crippen LogP contribution in [0.1, 0.15) is 56.4 Å². The van der Waals surface area contributed by atoms with Crippen molar-refractivity contribution in [3.63, 3.8) is 0 Å². The zero-order chi connectivity index (χ0) is 30.3. The number of ether oxygens (including phenoxy) is 1. The van der Waals surface area contributed by atoms with Crippen molar-refractivity contribution in [3.05, 3.63) is 47.9 Å². The van der Waals surface area contributed by atoms with Gasteiger partial charge in [0.25, 0.3) is 0 Å². The molecular weight excluding hydrogens is 594 g/mol. The lowest BCUT2D eigenvalue weighted by Crippen LogP contribution is -2.51. The normalized spacial score (nSPS) is 29.4. The van der Waals surface area contributed by atoms with Crippen molar-refractivity contribution in [3.8, 4) is 23.0 Å². The Morgan fingerprint density at radius 3 is 2.76 bits per heavy atom. The Kier molecular flexibility index (Phi) is 6.61. The molecule has 5 atom stereocenters. The number of anilines is 1. The molecule has 2 aromatic carbocycles. The van der Waals surface area contributed by atoms with E-state index in [9.17, 15) is 9.50 Å². The largest absolute Gasteiger partial charge is 0.508 e. The smallest absolute Gasteiger partial charge is 0.319 e. The molecule has 4 unspecified atom stereocenters. The van der Waals surface area contributed by atoms with Crippen molar-refractivity contribution in [1.29, 1.82) is 0 Å². The van der Waals surface area contributed by atoms with Gasteiger partial charge >= 0.3 is 6.01 Å². The lowest BCUT2D eigenvalue weighted by molar-refractivity contribution is 0.144. The number of halogens is 2. The Morgan fingerprint density at radius 1 is 1.09 bits per heavy atom. The van der Waals surface area contributed by atoms with Crippen LogP contribution in [0.5, 0.6) is 11.8 Å². The summed E-state index contributed by atoms with van der Waals surface area (Å²) in [6.07, 6.45) is 7.42. The molecule has 0 spiro atoms. The number of benzene rings is 2. The molecule has 4 bridgehead atoms. The molecule has 0 radical (unpaired) electrons.